The maximum atomic E-state index is 13.0. The van der Waals surface area contributed by atoms with Crippen molar-refractivity contribution in [3.63, 3.8) is 0 Å². The molecule has 0 radical (unpaired) electrons. The van der Waals surface area contributed by atoms with Gasteiger partial charge in [-0.3, -0.25) is 9.78 Å². The molecule has 1 aliphatic heterocycles. The second-order valence-electron chi connectivity index (χ2n) is 7.65. The van der Waals surface area contributed by atoms with Gasteiger partial charge in [0.05, 0.1) is 17.7 Å². The molecule has 29 heavy (non-hydrogen) atoms. The molecule has 0 fully saturated rings. The van der Waals surface area contributed by atoms with E-state index in [4.69, 9.17) is 9.47 Å². The van der Waals surface area contributed by atoms with Crippen molar-refractivity contribution in [2.24, 2.45) is 0 Å². The molecular formula is C24H26N2O3. The van der Waals surface area contributed by atoms with Gasteiger partial charge in [0, 0.05) is 35.2 Å². The number of amides is 1. The predicted octanol–water partition coefficient (Wildman–Crippen LogP) is 4.50. The van der Waals surface area contributed by atoms with Crippen LogP contribution in [0.1, 0.15) is 46.6 Å². The normalized spacial score (nSPS) is 15.1. The van der Waals surface area contributed by atoms with Crippen molar-refractivity contribution in [3.05, 3.63) is 64.3 Å². The zero-order valence-corrected chi connectivity index (χ0v) is 17.3. The first-order chi connectivity index (χ1) is 13.9. The third-order valence-corrected chi connectivity index (χ3v) is 5.16. The Kier molecular flexibility index (Phi) is 5.14. The molecule has 1 aromatic heterocycles. The Bertz CT molecular complexity index is 1090. The van der Waals surface area contributed by atoms with Crippen LogP contribution in [0, 0.1) is 13.8 Å². The number of nitrogens with one attached hydrogen (secondary N) is 1. The molecule has 0 spiro atoms. The zero-order chi connectivity index (χ0) is 20.5. The maximum absolute atomic E-state index is 13.0. The molecule has 1 amide bonds. The van der Waals surface area contributed by atoms with Crippen molar-refractivity contribution in [2.75, 3.05) is 6.61 Å². The van der Waals surface area contributed by atoms with Crippen LogP contribution >= 0.6 is 0 Å². The molecule has 5 heteroatoms. The first-order valence-corrected chi connectivity index (χ1v) is 10.1. The summed E-state index contributed by atoms with van der Waals surface area (Å²) in [5, 5.41) is 3.92. The molecule has 3 aromatic rings. The van der Waals surface area contributed by atoms with E-state index < -0.39 is 0 Å². The molecule has 1 atom stereocenters. The topological polar surface area (TPSA) is 60.5 Å². The summed E-state index contributed by atoms with van der Waals surface area (Å²) in [7, 11) is 0. The number of fused-ring (bicyclic) bond motifs is 2. The molecular weight excluding hydrogens is 364 g/mol. The Morgan fingerprint density at radius 2 is 2.07 bits per heavy atom. The number of aromatic nitrogens is 1. The molecule has 0 saturated heterocycles. The molecule has 0 aliphatic carbocycles. The average Bonchev–Trinajstić information content (AvgIpc) is 3.04. The highest BCUT2D eigenvalue weighted by Gasteiger charge is 2.22. The van der Waals surface area contributed by atoms with Gasteiger partial charge in [-0.1, -0.05) is 11.6 Å². The standard InChI is InChI=1S/C24H26N2O3/c1-5-28-22-11-17-10-16(4)29-23(17)12-18(22)13-25-24(27)20-9-15(3)26-21-7-6-14(2)8-19(20)21/h6-9,11-12,16H,5,10,13H2,1-4H3,(H,25,27). The van der Waals surface area contributed by atoms with E-state index >= 15 is 0 Å². The minimum atomic E-state index is -0.122. The Morgan fingerprint density at radius 1 is 1.24 bits per heavy atom. The van der Waals surface area contributed by atoms with E-state index in [1.165, 1.54) is 0 Å². The summed E-state index contributed by atoms with van der Waals surface area (Å²) in [4.78, 5) is 17.6. The van der Waals surface area contributed by atoms with Gasteiger partial charge in [0.1, 0.15) is 17.6 Å². The van der Waals surface area contributed by atoms with E-state index in [2.05, 4.69) is 17.2 Å². The van der Waals surface area contributed by atoms with Crippen molar-refractivity contribution in [1.29, 1.82) is 0 Å². The Labute approximate surface area is 171 Å². The summed E-state index contributed by atoms with van der Waals surface area (Å²) >= 11 is 0. The van der Waals surface area contributed by atoms with Crippen molar-refractivity contribution < 1.29 is 14.3 Å². The lowest BCUT2D eigenvalue weighted by Gasteiger charge is -2.14. The molecule has 0 bridgehead atoms. The lowest BCUT2D eigenvalue weighted by Crippen LogP contribution is -2.23. The van der Waals surface area contributed by atoms with Crippen LogP contribution in [0.2, 0.25) is 0 Å². The number of aryl methyl sites for hydroxylation is 2. The monoisotopic (exact) mass is 390 g/mol. The number of pyridine rings is 1. The third kappa shape index (κ3) is 3.90. The summed E-state index contributed by atoms with van der Waals surface area (Å²) in [5.41, 5.74) is 5.46. The fraction of sp³-hybridized carbons (Fsp3) is 0.333. The van der Waals surface area contributed by atoms with E-state index in [0.29, 0.717) is 18.7 Å². The highest BCUT2D eigenvalue weighted by molar-refractivity contribution is 6.06. The van der Waals surface area contributed by atoms with Crippen molar-refractivity contribution in [2.45, 2.75) is 46.8 Å². The number of hydrogen-bond donors (Lipinski definition) is 1. The Morgan fingerprint density at radius 3 is 2.86 bits per heavy atom. The lowest BCUT2D eigenvalue weighted by atomic mass is 10.0. The van der Waals surface area contributed by atoms with Crippen LogP contribution in [-0.2, 0) is 13.0 Å². The van der Waals surface area contributed by atoms with Crippen molar-refractivity contribution >= 4 is 16.8 Å². The Hall–Kier alpha value is -3.08. The van der Waals surface area contributed by atoms with Gasteiger partial charge in [-0.05, 0) is 58.0 Å². The number of ether oxygens (including phenoxy) is 2. The van der Waals surface area contributed by atoms with Crippen LogP contribution in [0.15, 0.2) is 36.4 Å². The number of benzene rings is 2. The highest BCUT2D eigenvalue weighted by atomic mass is 16.5. The molecule has 0 saturated carbocycles. The van der Waals surface area contributed by atoms with Gasteiger partial charge in [-0.15, -0.1) is 0 Å². The van der Waals surface area contributed by atoms with Gasteiger partial charge >= 0.3 is 0 Å². The van der Waals surface area contributed by atoms with Gasteiger partial charge in [0.25, 0.3) is 5.91 Å². The summed E-state index contributed by atoms with van der Waals surface area (Å²) in [5.74, 6) is 1.56. The average molecular weight is 390 g/mol. The molecule has 4 rings (SSSR count). The van der Waals surface area contributed by atoms with E-state index in [0.717, 1.165) is 51.2 Å². The molecule has 2 heterocycles. The summed E-state index contributed by atoms with van der Waals surface area (Å²) < 4.78 is 11.7. The first kappa shape index (κ1) is 19.2. The molecule has 1 unspecified atom stereocenters. The van der Waals surface area contributed by atoms with Crippen LogP contribution in [0.4, 0.5) is 0 Å². The van der Waals surface area contributed by atoms with Gasteiger partial charge in [-0.2, -0.15) is 0 Å². The van der Waals surface area contributed by atoms with Gasteiger partial charge in [0.15, 0.2) is 0 Å². The largest absolute Gasteiger partial charge is 0.494 e. The molecule has 150 valence electrons. The molecule has 1 aliphatic rings. The quantitative estimate of drug-likeness (QED) is 0.697. The van der Waals surface area contributed by atoms with Crippen LogP contribution in [0.5, 0.6) is 11.5 Å². The number of carbonyl (C=O) groups excluding carboxylic acids is 1. The number of rotatable bonds is 5. The van der Waals surface area contributed by atoms with E-state index in [1.807, 2.05) is 57.2 Å². The number of carbonyl (C=O) groups is 1. The van der Waals surface area contributed by atoms with Crippen molar-refractivity contribution in [3.8, 4) is 11.5 Å². The molecule has 1 N–H and O–H groups in total. The van der Waals surface area contributed by atoms with E-state index in [-0.39, 0.29) is 12.0 Å². The predicted molar refractivity (Wildman–Crippen MR) is 114 cm³/mol. The van der Waals surface area contributed by atoms with Gasteiger partial charge < -0.3 is 14.8 Å². The maximum Gasteiger partial charge on any atom is 0.252 e. The fourth-order valence-electron chi connectivity index (χ4n) is 3.84. The van der Waals surface area contributed by atoms with Crippen LogP contribution < -0.4 is 14.8 Å². The van der Waals surface area contributed by atoms with Crippen LogP contribution in [-0.4, -0.2) is 23.6 Å². The summed E-state index contributed by atoms with van der Waals surface area (Å²) in [6.07, 6.45) is 1.04. The second kappa shape index (κ2) is 7.74. The smallest absolute Gasteiger partial charge is 0.252 e. The van der Waals surface area contributed by atoms with E-state index in [9.17, 15) is 4.79 Å². The van der Waals surface area contributed by atoms with E-state index in [1.54, 1.807) is 0 Å². The van der Waals surface area contributed by atoms with Gasteiger partial charge in [-0.25, -0.2) is 0 Å². The lowest BCUT2D eigenvalue weighted by molar-refractivity contribution is 0.0952. The summed E-state index contributed by atoms with van der Waals surface area (Å²) in [6, 6.07) is 11.8. The van der Waals surface area contributed by atoms with Gasteiger partial charge in [0.2, 0.25) is 0 Å². The summed E-state index contributed by atoms with van der Waals surface area (Å²) in [6.45, 7) is 8.88. The molecule has 2 aromatic carbocycles. The number of nitrogens with zero attached hydrogens (tertiary/aromatic N) is 1. The molecule has 5 nitrogen and oxygen atoms in total. The third-order valence-electron chi connectivity index (χ3n) is 5.16. The fourth-order valence-corrected chi connectivity index (χ4v) is 3.84. The SMILES string of the molecule is CCOc1cc2c(cc1CNC(=O)c1cc(C)nc3ccc(C)cc13)OC(C)C2. The Balaban J connectivity index is 1.62. The van der Waals surface area contributed by atoms with Crippen LogP contribution in [0.25, 0.3) is 10.9 Å². The second-order valence-corrected chi connectivity index (χ2v) is 7.65. The highest BCUT2D eigenvalue weighted by Crippen LogP contribution is 2.35. The number of hydrogen-bond acceptors (Lipinski definition) is 4. The van der Waals surface area contributed by atoms with Crippen LogP contribution in [0.3, 0.4) is 0 Å². The van der Waals surface area contributed by atoms with Crippen molar-refractivity contribution in [1.82, 2.24) is 10.3 Å². The minimum Gasteiger partial charge on any atom is -0.494 e. The zero-order valence-electron chi connectivity index (χ0n) is 17.3. The minimum absolute atomic E-state index is 0.122. The first-order valence-electron chi connectivity index (χ1n) is 10.1.